The Morgan fingerprint density at radius 1 is 1.06 bits per heavy atom. The van der Waals surface area contributed by atoms with E-state index in [1.54, 1.807) is 35.4 Å². The summed E-state index contributed by atoms with van der Waals surface area (Å²) in [5.41, 5.74) is 4.74. The lowest BCUT2D eigenvalue weighted by atomic mass is 10.0. The lowest BCUT2D eigenvalue weighted by molar-refractivity contribution is 0.0950. The molecule has 4 aromatic rings. The molecule has 1 aromatic carbocycles. The van der Waals surface area contributed by atoms with E-state index in [1.165, 1.54) is 0 Å². The second-order valence-electron chi connectivity index (χ2n) is 8.05. The van der Waals surface area contributed by atoms with Gasteiger partial charge < -0.3 is 5.32 Å². The molecule has 168 valence electrons. The molecule has 0 aliphatic rings. The van der Waals surface area contributed by atoms with Crippen LogP contribution >= 0.6 is 11.6 Å². The molecule has 0 saturated carbocycles. The summed E-state index contributed by atoms with van der Waals surface area (Å²) >= 11 is 6.48. The van der Waals surface area contributed by atoms with Crippen LogP contribution in [0.25, 0.3) is 16.9 Å². The second-order valence-corrected chi connectivity index (χ2v) is 8.45. The summed E-state index contributed by atoms with van der Waals surface area (Å²) < 4.78 is 1.62. The minimum atomic E-state index is -0.275. The molecule has 1 amide bonds. The van der Waals surface area contributed by atoms with Crippen molar-refractivity contribution in [3.8, 4) is 16.9 Å². The highest BCUT2D eigenvalue weighted by molar-refractivity contribution is 6.33. The molecule has 0 unspecified atom stereocenters. The monoisotopic (exact) mass is 462 g/mol. The van der Waals surface area contributed by atoms with E-state index < -0.39 is 0 Å². The number of nitrogens with one attached hydrogen (secondary N) is 1. The number of rotatable bonds is 6. The van der Waals surface area contributed by atoms with Crippen molar-refractivity contribution >= 4 is 17.5 Å². The Hall–Kier alpha value is -3.72. The van der Waals surface area contributed by atoms with Crippen LogP contribution in [0, 0.1) is 13.8 Å². The fourth-order valence-electron chi connectivity index (χ4n) is 3.27. The maximum absolute atomic E-state index is 13.1. The Morgan fingerprint density at radius 2 is 1.88 bits per heavy atom. The maximum Gasteiger partial charge on any atom is 0.251 e. The van der Waals surface area contributed by atoms with Crippen LogP contribution in [0.15, 0.2) is 42.9 Å². The standard InChI is InChI=1S/C23H23ClN8O/c1-13(2)22-29-30-31-32(22)19-7-16(21-20(24)5-14(3)9-27-21)6-17(8-19)23(33)28-12-18-11-25-15(4)10-26-18/h5-11,13H,12H2,1-4H3,(H,28,33). The van der Waals surface area contributed by atoms with Crippen molar-refractivity contribution < 1.29 is 4.79 Å². The van der Waals surface area contributed by atoms with E-state index in [1.807, 2.05) is 39.8 Å². The van der Waals surface area contributed by atoms with Gasteiger partial charge in [-0.15, -0.1) is 5.10 Å². The molecular weight excluding hydrogens is 440 g/mol. The maximum atomic E-state index is 13.1. The van der Waals surface area contributed by atoms with Crippen molar-refractivity contribution in [1.82, 2.24) is 40.5 Å². The van der Waals surface area contributed by atoms with Gasteiger partial charge in [-0.3, -0.25) is 19.7 Å². The van der Waals surface area contributed by atoms with Gasteiger partial charge in [0.25, 0.3) is 5.91 Å². The van der Waals surface area contributed by atoms with Crippen molar-refractivity contribution in [2.24, 2.45) is 0 Å². The Labute approximate surface area is 196 Å². The third kappa shape index (κ3) is 5.04. The second kappa shape index (κ2) is 9.41. The van der Waals surface area contributed by atoms with Gasteiger partial charge in [-0.2, -0.15) is 4.68 Å². The fraction of sp³-hybridized carbons (Fsp3) is 0.261. The van der Waals surface area contributed by atoms with Crippen LogP contribution in [0.5, 0.6) is 0 Å². The molecule has 10 heteroatoms. The molecule has 0 fully saturated rings. The molecule has 9 nitrogen and oxygen atoms in total. The largest absolute Gasteiger partial charge is 0.346 e. The summed E-state index contributed by atoms with van der Waals surface area (Å²) in [6, 6.07) is 7.20. The van der Waals surface area contributed by atoms with Gasteiger partial charge in [-0.05, 0) is 54.1 Å². The average Bonchev–Trinajstić information content (AvgIpc) is 3.29. The number of hydrogen-bond acceptors (Lipinski definition) is 7. The molecule has 4 rings (SSSR count). The normalized spacial score (nSPS) is 11.1. The van der Waals surface area contributed by atoms with Crippen LogP contribution in [-0.2, 0) is 6.54 Å². The van der Waals surface area contributed by atoms with E-state index in [4.69, 9.17) is 11.6 Å². The zero-order valence-corrected chi connectivity index (χ0v) is 19.5. The number of aryl methyl sites for hydroxylation is 2. The third-order valence-corrected chi connectivity index (χ3v) is 5.24. The first kappa shape index (κ1) is 22.5. The Kier molecular flexibility index (Phi) is 6.41. The van der Waals surface area contributed by atoms with E-state index in [0.29, 0.717) is 39.0 Å². The highest BCUT2D eigenvalue weighted by atomic mass is 35.5. The van der Waals surface area contributed by atoms with Crippen LogP contribution in [0.2, 0.25) is 5.02 Å². The van der Waals surface area contributed by atoms with E-state index >= 15 is 0 Å². The number of carbonyl (C=O) groups is 1. The molecule has 0 aliphatic carbocycles. The molecule has 3 heterocycles. The van der Waals surface area contributed by atoms with Gasteiger partial charge in [-0.25, -0.2) is 0 Å². The minimum absolute atomic E-state index is 0.0853. The van der Waals surface area contributed by atoms with Crippen molar-refractivity contribution in [3.05, 3.63) is 76.2 Å². The lowest BCUT2D eigenvalue weighted by Gasteiger charge is -2.13. The fourth-order valence-corrected chi connectivity index (χ4v) is 3.60. The molecule has 0 bridgehead atoms. The number of nitrogens with zero attached hydrogens (tertiary/aromatic N) is 7. The number of carbonyl (C=O) groups excluding carboxylic acids is 1. The van der Waals surface area contributed by atoms with Crippen molar-refractivity contribution in [3.63, 3.8) is 0 Å². The van der Waals surface area contributed by atoms with Gasteiger partial charge in [-0.1, -0.05) is 25.4 Å². The van der Waals surface area contributed by atoms with E-state index in [-0.39, 0.29) is 18.4 Å². The topological polar surface area (TPSA) is 111 Å². The van der Waals surface area contributed by atoms with Crippen molar-refractivity contribution in [2.75, 3.05) is 0 Å². The van der Waals surface area contributed by atoms with E-state index in [2.05, 4.69) is 35.8 Å². The predicted octanol–water partition coefficient (Wildman–Crippen LogP) is 3.84. The molecule has 3 aromatic heterocycles. The Balaban J connectivity index is 1.74. The molecular formula is C23H23ClN8O. The molecule has 0 spiro atoms. The van der Waals surface area contributed by atoms with Gasteiger partial charge in [0, 0.05) is 29.4 Å². The van der Waals surface area contributed by atoms with Crippen LogP contribution in [0.4, 0.5) is 0 Å². The Bertz CT molecular complexity index is 1300. The number of benzene rings is 1. The SMILES string of the molecule is Cc1cnc(-c2cc(C(=O)NCc3cnc(C)cn3)cc(-n3nnnc3C(C)C)c2)c(Cl)c1. The lowest BCUT2D eigenvalue weighted by Crippen LogP contribution is -2.24. The zero-order valence-electron chi connectivity index (χ0n) is 18.7. The smallest absolute Gasteiger partial charge is 0.251 e. The highest BCUT2D eigenvalue weighted by Gasteiger charge is 2.18. The first-order chi connectivity index (χ1) is 15.8. The number of pyridine rings is 1. The predicted molar refractivity (Wildman–Crippen MR) is 124 cm³/mol. The molecule has 0 saturated heterocycles. The van der Waals surface area contributed by atoms with Gasteiger partial charge >= 0.3 is 0 Å². The summed E-state index contributed by atoms with van der Waals surface area (Å²) in [4.78, 5) is 26.1. The van der Waals surface area contributed by atoms with Crippen LogP contribution in [0.1, 0.15) is 52.9 Å². The minimum Gasteiger partial charge on any atom is -0.346 e. The van der Waals surface area contributed by atoms with Crippen molar-refractivity contribution in [2.45, 2.75) is 40.2 Å². The highest BCUT2D eigenvalue weighted by Crippen LogP contribution is 2.30. The van der Waals surface area contributed by atoms with E-state index in [9.17, 15) is 4.79 Å². The van der Waals surface area contributed by atoms with Gasteiger partial charge in [0.1, 0.15) is 0 Å². The Morgan fingerprint density at radius 3 is 2.58 bits per heavy atom. The van der Waals surface area contributed by atoms with Gasteiger partial charge in [0.2, 0.25) is 0 Å². The van der Waals surface area contributed by atoms with Crippen molar-refractivity contribution in [1.29, 1.82) is 0 Å². The van der Waals surface area contributed by atoms with Crippen LogP contribution in [0.3, 0.4) is 0 Å². The van der Waals surface area contributed by atoms with Gasteiger partial charge in [0.05, 0.1) is 40.5 Å². The average molecular weight is 463 g/mol. The molecule has 0 radical (unpaired) electrons. The molecule has 0 atom stereocenters. The summed E-state index contributed by atoms with van der Waals surface area (Å²) in [7, 11) is 0. The number of tetrazole rings is 1. The third-order valence-electron chi connectivity index (χ3n) is 4.95. The summed E-state index contributed by atoms with van der Waals surface area (Å²) in [5.74, 6) is 0.487. The number of amides is 1. The first-order valence-electron chi connectivity index (χ1n) is 10.4. The number of halogens is 1. The summed E-state index contributed by atoms with van der Waals surface area (Å²) in [5, 5.41) is 15.5. The molecule has 1 N–H and O–H groups in total. The zero-order chi connectivity index (χ0) is 23.5. The van der Waals surface area contributed by atoms with E-state index in [0.717, 1.165) is 11.3 Å². The van der Waals surface area contributed by atoms with Crippen LogP contribution < -0.4 is 5.32 Å². The summed E-state index contributed by atoms with van der Waals surface area (Å²) in [6.45, 7) is 8.03. The quantitative estimate of drug-likeness (QED) is 0.463. The number of aromatic nitrogens is 7. The van der Waals surface area contributed by atoms with Gasteiger partial charge in [0.15, 0.2) is 5.82 Å². The summed E-state index contributed by atoms with van der Waals surface area (Å²) in [6.07, 6.45) is 5.04. The first-order valence-corrected chi connectivity index (χ1v) is 10.8. The molecule has 0 aliphatic heterocycles. The molecule has 33 heavy (non-hydrogen) atoms. The van der Waals surface area contributed by atoms with Crippen LogP contribution in [-0.4, -0.2) is 41.1 Å². The number of hydrogen-bond donors (Lipinski definition) is 1.